The van der Waals surface area contributed by atoms with E-state index < -0.39 is 47.6 Å². The number of hydrogen-bond donors (Lipinski definition) is 5. The van der Waals surface area contributed by atoms with Gasteiger partial charge in [0.2, 0.25) is 17.7 Å². The summed E-state index contributed by atoms with van der Waals surface area (Å²) in [5.41, 5.74) is 1.73. The number of imidazole rings is 1. The van der Waals surface area contributed by atoms with Crippen LogP contribution in [0.25, 0.3) is 5.69 Å². The minimum absolute atomic E-state index is 0.0483. The van der Waals surface area contributed by atoms with Gasteiger partial charge in [-0.05, 0) is 79.4 Å². The van der Waals surface area contributed by atoms with Crippen molar-refractivity contribution in [2.45, 2.75) is 64.8 Å². The standard InChI is InChI=1S/C41H48FN7O8/c1-5-25(2)36-39(53)45-23-27-19-30(42)22-32(20-27)57-34-21-29(10-13-33(34)56-4)38(52)44-15-18-48(16-6-7-35(51)46-37(26(3)50)40(54)47-36)41(55)28-8-11-31(12-9-28)49-17-14-43-24-49/h8-14,17,19-22,24-26,36-37,50H,5-7,15-16,18,23H2,1-4H3,(H,44,52)(H,45,53)(H,46,51)(H,47,54)/t25-,26+,36-,37-/m0/s1. The van der Waals surface area contributed by atoms with E-state index in [4.69, 9.17) is 9.47 Å². The summed E-state index contributed by atoms with van der Waals surface area (Å²) in [6.07, 6.45) is 4.32. The quantitative estimate of drug-likeness (QED) is 0.195. The van der Waals surface area contributed by atoms with Crippen LogP contribution < -0.4 is 30.7 Å². The van der Waals surface area contributed by atoms with Crippen molar-refractivity contribution < 1.29 is 42.9 Å². The number of amides is 5. The molecule has 0 aliphatic carbocycles. The first-order chi connectivity index (χ1) is 27.4. The maximum atomic E-state index is 14.9. The van der Waals surface area contributed by atoms with Crippen LogP contribution in [0, 0.1) is 11.7 Å². The van der Waals surface area contributed by atoms with Crippen LogP contribution in [0.15, 0.2) is 79.4 Å². The summed E-state index contributed by atoms with van der Waals surface area (Å²) in [5, 5.41) is 21.3. The van der Waals surface area contributed by atoms with E-state index in [1.807, 2.05) is 6.92 Å². The number of aliphatic hydroxyl groups is 1. The van der Waals surface area contributed by atoms with Gasteiger partial charge in [-0.25, -0.2) is 9.37 Å². The number of carbonyl (C=O) groups excluding carboxylic acids is 5. The largest absolute Gasteiger partial charge is 0.493 e. The zero-order chi connectivity index (χ0) is 41.1. The Morgan fingerprint density at radius 3 is 2.44 bits per heavy atom. The Labute approximate surface area is 329 Å². The Hall–Kier alpha value is -6.29. The molecule has 1 aliphatic rings. The van der Waals surface area contributed by atoms with Crippen molar-refractivity contribution in [1.29, 1.82) is 0 Å². The number of carbonyl (C=O) groups is 5. The van der Waals surface area contributed by atoms with Crippen molar-refractivity contribution in [3.05, 3.63) is 102 Å². The number of hydrogen-bond acceptors (Lipinski definition) is 9. The molecule has 0 unspecified atom stereocenters. The maximum Gasteiger partial charge on any atom is 0.253 e. The Morgan fingerprint density at radius 2 is 1.75 bits per heavy atom. The van der Waals surface area contributed by atoms with Gasteiger partial charge in [0.05, 0.1) is 19.5 Å². The van der Waals surface area contributed by atoms with E-state index in [1.54, 1.807) is 54.5 Å². The molecule has 0 radical (unpaired) electrons. The van der Waals surface area contributed by atoms with Crippen LogP contribution in [0.3, 0.4) is 0 Å². The lowest BCUT2D eigenvalue weighted by Crippen LogP contribution is -2.58. The van der Waals surface area contributed by atoms with Gasteiger partial charge in [0, 0.05) is 67.9 Å². The summed E-state index contributed by atoms with van der Waals surface area (Å²) < 4.78 is 28.1. The van der Waals surface area contributed by atoms with E-state index in [2.05, 4.69) is 26.3 Å². The second-order valence-electron chi connectivity index (χ2n) is 13.8. The molecule has 15 nitrogen and oxygen atoms in total. The van der Waals surface area contributed by atoms with Gasteiger partial charge in [-0.3, -0.25) is 24.0 Å². The van der Waals surface area contributed by atoms with Gasteiger partial charge in [0.1, 0.15) is 23.7 Å². The average Bonchev–Trinajstić information content (AvgIpc) is 3.74. The van der Waals surface area contributed by atoms with Crippen molar-refractivity contribution in [3.63, 3.8) is 0 Å². The number of rotatable bonds is 6. The van der Waals surface area contributed by atoms with Crippen LogP contribution in [0.4, 0.5) is 4.39 Å². The Morgan fingerprint density at radius 1 is 0.982 bits per heavy atom. The topological polar surface area (TPSA) is 193 Å². The summed E-state index contributed by atoms with van der Waals surface area (Å²) >= 11 is 0. The van der Waals surface area contributed by atoms with E-state index in [0.717, 1.165) is 11.8 Å². The Balaban J connectivity index is 1.44. The third-order valence-electron chi connectivity index (χ3n) is 9.63. The molecule has 3 aromatic carbocycles. The van der Waals surface area contributed by atoms with Crippen LogP contribution >= 0.6 is 0 Å². The number of halogens is 1. The summed E-state index contributed by atoms with van der Waals surface area (Å²) in [6.45, 7) is 5.08. The second kappa shape index (κ2) is 19.5. The fourth-order valence-corrected chi connectivity index (χ4v) is 6.22. The molecule has 4 aromatic rings. The smallest absolute Gasteiger partial charge is 0.253 e. The van der Waals surface area contributed by atoms with Crippen molar-refractivity contribution in [1.82, 2.24) is 35.7 Å². The van der Waals surface area contributed by atoms with Crippen LogP contribution in [-0.2, 0) is 20.9 Å². The van der Waals surface area contributed by atoms with Gasteiger partial charge in [0.15, 0.2) is 11.5 Å². The second-order valence-corrected chi connectivity index (χ2v) is 13.8. The van der Waals surface area contributed by atoms with Gasteiger partial charge < -0.3 is 45.3 Å². The molecule has 5 rings (SSSR count). The molecule has 0 fully saturated rings. The molecule has 5 amide bonds. The molecule has 16 heteroatoms. The zero-order valence-corrected chi connectivity index (χ0v) is 32.3. The molecule has 4 bridgehead atoms. The fourth-order valence-electron chi connectivity index (χ4n) is 6.22. The van der Waals surface area contributed by atoms with Gasteiger partial charge in [0.25, 0.3) is 11.8 Å². The lowest BCUT2D eigenvalue weighted by Gasteiger charge is -2.28. The maximum absolute atomic E-state index is 14.9. The van der Waals surface area contributed by atoms with E-state index in [1.165, 1.54) is 49.3 Å². The number of nitrogens with one attached hydrogen (secondary N) is 4. The number of aliphatic hydroxyl groups excluding tert-OH is 1. The summed E-state index contributed by atoms with van der Waals surface area (Å²) in [5.74, 6) is -3.24. The third-order valence-corrected chi connectivity index (χ3v) is 9.63. The molecule has 302 valence electrons. The number of benzene rings is 3. The molecule has 0 saturated carbocycles. The number of fused-ring (bicyclic) bond motifs is 4. The highest BCUT2D eigenvalue weighted by molar-refractivity contribution is 5.96. The predicted octanol–water partition coefficient (Wildman–Crippen LogP) is 3.49. The molecule has 2 heterocycles. The lowest BCUT2D eigenvalue weighted by atomic mass is 9.97. The summed E-state index contributed by atoms with van der Waals surface area (Å²) in [6, 6.07) is 12.9. The van der Waals surface area contributed by atoms with E-state index in [0.29, 0.717) is 17.5 Å². The molecule has 0 saturated heterocycles. The van der Waals surface area contributed by atoms with Crippen LogP contribution in [0.2, 0.25) is 0 Å². The monoisotopic (exact) mass is 785 g/mol. The molecule has 0 spiro atoms. The fraction of sp³-hybridized carbons (Fsp3) is 0.366. The number of aromatic nitrogens is 2. The van der Waals surface area contributed by atoms with Crippen molar-refractivity contribution in [3.8, 4) is 22.9 Å². The summed E-state index contributed by atoms with van der Waals surface area (Å²) in [4.78, 5) is 72.9. The highest BCUT2D eigenvalue weighted by Crippen LogP contribution is 2.33. The normalized spacial score (nSPS) is 18.7. The zero-order valence-electron chi connectivity index (χ0n) is 32.3. The van der Waals surface area contributed by atoms with Gasteiger partial charge in [-0.15, -0.1) is 0 Å². The van der Waals surface area contributed by atoms with Crippen molar-refractivity contribution in [2.75, 3.05) is 26.7 Å². The van der Waals surface area contributed by atoms with E-state index >= 15 is 0 Å². The first-order valence-corrected chi connectivity index (χ1v) is 18.7. The van der Waals surface area contributed by atoms with Crippen LogP contribution in [0.5, 0.6) is 17.2 Å². The minimum Gasteiger partial charge on any atom is -0.493 e. The predicted molar refractivity (Wildman–Crippen MR) is 207 cm³/mol. The van der Waals surface area contributed by atoms with E-state index in [9.17, 15) is 33.5 Å². The molecule has 1 aromatic heterocycles. The van der Waals surface area contributed by atoms with Gasteiger partial charge in [-0.1, -0.05) is 20.3 Å². The number of ether oxygens (including phenoxy) is 2. The minimum atomic E-state index is -1.39. The molecule has 1 aliphatic heterocycles. The van der Waals surface area contributed by atoms with E-state index in [-0.39, 0.29) is 73.7 Å². The van der Waals surface area contributed by atoms with Crippen molar-refractivity contribution in [2.24, 2.45) is 5.92 Å². The number of nitrogens with zero attached hydrogens (tertiary/aromatic N) is 3. The highest BCUT2D eigenvalue weighted by Gasteiger charge is 2.32. The van der Waals surface area contributed by atoms with Crippen molar-refractivity contribution >= 4 is 29.5 Å². The van der Waals surface area contributed by atoms with Gasteiger partial charge >= 0.3 is 0 Å². The molecular formula is C41H48FN7O8. The SMILES string of the molecule is CC[C@H](C)[C@@H]1NC(=O)[C@H]([C@@H](C)O)NC(=O)CCCN(C(=O)c2ccc(-n3ccnc3)cc2)CCNC(=O)c2ccc(OC)c(c2)Oc2cc(F)cc(c2)CNC1=O. The molecule has 5 N–H and O–H groups in total. The average molecular weight is 786 g/mol. The third kappa shape index (κ3) is 11.2. The highest BCUT2D eigenvalue weighted by atomic mass is 19.1. The first kappa shape index (κ1) is 41.9. The Bertz CT molecular complexity index is 2040. The van der Waals surface area contributed by atoms with Crippen LogP contribution in [-0.4, -0.2) is 94.0 Å². The first-order valence-electron chi connectivity index (χ1n) is 18.7. The Kier molecular flexibility index (Phi) is 14.3. The molecule has 57 heavy (non-hydrogen) atoms. The number of methoxy groups -OCH3 is 1. The summed E-state index contributed by atoms with van der Waals surface area (Å²) in [7, 11) is 1.42. The molecular weight excluding hydrogens is 737 g/mol. The lowest BCUT2D eigenvalue weighted by molar-refractivity contribution is -0.135. The van der Waals surface area contributed by atoms with Gasteiger partial charge in [-0.2, -0.15) is 0 Å². The molecule has 4 atom stereocenters. The van der Waals surface area contributed by atoms with Crippen LogP contribution in [0.1, 0.15) is 66.3 Å².